The van der Waals surface area contributed by atoms with Crippen LogP contribution in [-0.2, 0) is 19.6 Å². The smallest absolute Gasteiger partial charge is 0.0991 e. The average molecular weight is 301 g/mol. The zero-order chi connectivity index (χ0) is 15.6. The molecule has 112 valence electrons. The lowest BCUT2D eigenvalue weighted by Gasteiger charge is -2.20. The van der Waals surface area contributed by atoms with Crippen LogP contribution in [0.2, 0.25) is 0 Å². The second-order valence-electron chi connectivity index (χ2n) is 5.72. The Balaban J connectivity index is 1.65. The van der Waals surface area contributed by atoms with E-state index in [4.69, 9.17) is 5.26 Å². The first kappa shape index (κ1) is 13.7. The van der Waals surface area contributed by atoms with Gasteiger partial charge in [-0.05, 0) is 29.3 Å². The molecule has 1 aliphatic rings. The quantitative estimate of drug-likeness (QED) is 0.730. The number of nitriles is 1. The predicted octanol–water partition coefficient (Wildman–Crippen LogP) is 2.65. The van der Waals surface area contributed by atoms with E-state index in [0.29, 0.717) is 5.56 Å². The molecule has 23 heavy (non-hydrogen) atoms. The largest absolute Gasteiger partial charge is 0.289 e. The van der Waals surface area contributed by atoms with Crippen LogP contribution < -0.4 is 0 Å². The van der Waals surface area contributed by atoms with Gasteiger partial charge < -0.3 is 0 Å². The number of nitrogens with zero attached hydrogens (tertiary/aromatic N) is 5. The molecule has 0 spiro atoms. The minimum Gasteiger partial charge on any atom is -0.289 e. The summed E-state index contributed by atoms with van der Waals surface area (Å²) in [5.41, 5.74) is 5.32. The lowest BCUT2D eigenvalue weighted by atomic mass is 10.1. The molecule has 0 amide bonds. The number of fused-ring (bicyclic) bond motifs is 3. The van der Waals surface area contributed by atoms with Gasteiger partial charge in [-0.15, -0.1) is 5.10 Å². The third kappa shape index (κ3) is 2.60. The van der Waals surface area contributed by atoms with Crippen LogP contribution in [0.3, 0.4) is 0 Å². The van der Waals surface area contributed by atoms with Crippen LogP contribution >= 0.6 is 0 Å². The second kappa shape index (κ2) is 5.67. The number of hydrogen-bond acceptors (Lipinski definition) is 4. The highest BCUT2D eigenvalue weighted by Crippen LogP contribution is 2.24. The summed E-state index contributed by atoms with van der Waals surface area (Å²) in [6.45, 7) is 2.48. The van der Waals surface area contributed by atoms with Gasteiger partial charge in [-0.25, -0.2) is 4.68 Å². The summed E-state index contributed by atoms with van der Waals surface area (Å²) in [4.78, 5) is 2.36. The van der Waals surface area contributed by atoms with Crippen molar-refractivity contribution in [2.24, 2.45) is 0 Å². The highest BCUT2D eigenvalue weighted by molar-refractivity contribution is 5.42. The highest BCUT2D eigenvalue weighted by atomic mass is 15.4. The maximum atomic E-state index is 8.90. The van der Waals surface area contributed by atoms with Gasteiger partial charge in [-0.1, -0.05) is 35.5 Å². The highest BCUT2D eigenvalue weighted by Gasteiger charge is 2.20. The third-order valence-electron chi connectivity index (χ3n) is 4.11. The van der Waals surface area contributed by atoms with Crippen molar-refractivity contribution >= 4 is 0 Å². The van der Waals surface area contributed by atoms with Crippen LogP contribution in [0.1, 0.15) is 22.4 Å². The van der Waals surface area contributed by atoms with Crippen LogP contribution in [-0.4, -0.2) is 19.9 Å². The lowest BCUT2D eigenvalue weighted by Crippen LogP contribution is -2.21. The molecule has 4 rings (SSSR count). The van der Waals surface area contributed by atoms with Gasteiger partial charge in [0.1, 0.15) is 0 Å². The standard InChI is InChI=1S/C18H15N5/c19-9-14-5-7-15(8-6-14)11-22-12-16-3-1-2-4-18(16)23-17(13-22)10-20-21-23/h1-8,10H,11-13H2. The maximum absolute atomic E-state index is 8.90. The molecule has 0 atom stereocenters. The van der Waals surface area contributed by atoms with Crippen molar-refractivity contribution in [1.29, 1.82) is 5.26 Å². The van der Waals surface area contributed by atoms with Gasteiger partial charge in [0.25, 0.3) is 0 Å². The Hall–Kier alpha value is -2.97. The molecule has 0 saturated heterocycles. The molecule has 1 aliphatic heterocycles. The van der Waals surface area contributed by atoms with Crippen molar-refractivity contribution in [1.82, 2.24) is 19.9 Å². The molecule has 2 aromatic carbocycles. The number of hydrogen-bond donors (Lipinski definition) is 0. The first-order chi connectivity index (χ1) is 11.3. The molecule has 3 aromatic rings. The van der Waals surface area contributed by atoms with Crippen molar-refractivity contribution in [3.63, 3.8) is 0 Å². The van der Waals surface area contributed by atoms with E-state index in [2.05, 4.69) is 39.5 Å². The predicted molar refractivity (Wildman–Crippen MR) is 85.5 cm³/mol. The van der Waals surface area contributed by atoms with Crippen molar-refractivity contribution in [2.45, 2.75) is 19.6 Å². The fraction of sp³-hybridized carbons (Fsp3) is 0.167. The summed E-state index contributed by atoms with van der Waals surface area (Å²) in [6.07, 6.45) is 1.83. The van der Waals surface area contributed by atoms with Crippen LogP contribution in [0, 0.1) is 11.3 Å². The van der Waals surface area contributed by atoms with E-state index in [1.54, 1.807) is 0 Å². The van der Waals surface area contributed by atoms with E-state index in [-0.39, 0.29) is 0 Å². The molecule has 0 saturated carbocycles. The maximum Gasteiger partial charge on any atom is 0.0991 e. The van der Waals surface area contributed by atoms with Crippen molar-refractivity contribution < 1.29 is 0 Å². The van der Waals surface area contributed by atoms with Crippen molar-refractivity contribution in [2.75, 3.05) is 0 Å². The fourth-order valence-electron chi connectivity index (χ4n) is 3.00. The monoisotopic (exact) mass is 301 g/mol. The number of aromatic nitrogens is 3. The number of para-hydroxylation sites is 1. The lowest BCUT2D eigenvalue weighted by molar-refractivity contribution is 0.248. The normalized spacial score (nSPS) is 13.7. The molecule has 5 heteroatoms. The van der Waals surface area contributed by atoms with E-state index in [1.165, 1.54) is 11.1 Å². The first-order valence-corrected chi connectivity index (χ1v) is 7.53. The zero-order valence-electron chi connectivity index (χ0n) is 12.6. The summed E-state index contributed by atoms with van der Waals surface area (Å²) < 4.78 is 1.92. The zero-order valence-corrected chi connectivity index (χ0v) is 12.6. The van der Waals surface area contributed by atoms with E-state index < -0.39 is 0 Å². The second-order valence-corrected chi connectivity index (χ2v) is 5.72. The van der Waals surface area contributed by atoms with Crippen LogP contribution in [0.4, 0.5) is 0 Å². The number of benzene rings is 2. The Kier molecular flexibility index (Phi) is 3.37. The minimum absolute atomic E-state index is 0.692. The molecule has 0 unspecified atom stereocenters. The van der Waals surface area contributed by atoms with Gasteiger partial charge in [-0.2, -0.15) is 5.26 Å². The van der Waals surface area contributed by atoms with Crippen LogP contribution in [0.5, 0.6) is 0 Å². The van der Waals surface area contributed by atoms with E-state index in [9.17, 15) is 0 Å². The molecule has 0 aliphatic carbocycles. The van der Waals surface area contributed by atoms with Gasteiger partial charge in [-0.3, -0.25) is 4.90 Å². The SMILES string of the molecule is N#Cc1ccc(CN2Cc3ccccc3-n3nncc3C2)cc1. The molecule has 0 fully saturated rings. The summed E-state index contributed by atoms with van der Waals surface area (Å²) in [6, 6.07) is 18.2. The Morgan fingerprint density at radius 1 is 1.04 bits per heavy atom. The molecule has 5 nitrogen and oxygen atoms in total. The van der Waals surface area contributed by atoms with Gasteiger partial charge in [0.05, 0.1) is 29.2 Å². The summed E-state index contributed by atoms with van der Waals surface area (Å²) in [5, 5.41) is 17.2. The van der Waals surface area contributed by atoms with Gasteiger partial charge in [0.2, 0.25) is 0 Å². The Morgan fingerprint density at radius 3 is 2.70 bits per heavy atom. The van der Waals surface area contributed by atoms with Gasteiger partial charge >= 0.3 is 0 Å². The summed E-state index contributed by atoms with van der Waals surface area (Å²) in [7, 11) is 0. The fourth-order valence-corrected chi connectivity index (χ4v) is 3.00. The van der Waals surface area contributed by atoms with Gasteiger partial charge in [0.15, 0.2) is 0 Å². The molecule has 0 bridgehead atoms. The Morgan fingerprint density at radius 2 is 1.87 bits per heavy atom. The topological polar surface area (TPSA) is 57.7 Å². The summed E-state index contributed by atoms with van der Waals surface area (Å²) in [5.74, 6) is 0. The molecular weight excluding hydrogens is 286 g/mol. The molecule has 0 radical (unpaired) electrons. The summed E-state index contributed by atoms with van der Waals surface area (Å²) >= 11 is 0. The molecule has 0 N–H and O–H groups in total. The van der Waals surface area contributed by atoms with Crippen LogP contribution in [0.25, 0.3) is 5.69 Å². The van der Waals surface area contributed by atoms with E-state index >= 15 is 0 Å². The van der Waals surface area contributed by atoms with Crippen molar-refractivity contribution in [3.8, 4) is 11.8 Å². The third-order valence-corrected chi connectivity index (χ3v) is 4.11. The minimum atomic E-state index is 0.692. The van der Waals surface area contributed by atoms with E-state index in [1.807, 2.05) is 41.2 Å². The number of rotatable bonds is 2. The molecular formula is C18H15N5. The Bertz CT molecular complexity index is 873. The van der Waals surface area contributed by atoms with Gasteiger partial charge in [0, 0.05) is 19.6 Å². The molecule has 1 aromatic heterocycles. The Labute approximate surface area is 134 Å². The van der Waals surface area contributed by atoms with E-state index in [0.717, 1.165) is 31.0 Å². The average Bonchev–Trinajstić information content (AvgIpc) is 2.98. The first-order valence-electron chi connectivity index (χ1n) is 7.53. The van der Waals surface area contributed by atoms with Crippen LogP contribution in [0.15, 0.2) is 54.7 Å². The van der Waals surface area contributed by atoms with Crippen molar-refractivity contribution in [3.05, 3.63) is 77.1 Å². The molecule has 2 heterocycles.